The molecule has 0 amide bonds. The summed E-state index contributed by atoms with van der Waals surface area (Å²) in [5, 5.41) is 21.4. The van der Waals surface area contributed by atoms with Crippen LogP contribution >= 0.6 is 0 Å². The molecule has 2 rings (SSSR count). The van der Waals surface area contributed by atoms with Crippen molar-refractivity contribution in [3.8, 4) is 5.75 Å². The summed E-state index contributed by atoms with van der Waals surface area (Å²) in [5.74, 6) is 0.0240. The maximum absolute atomic E-state index is 11.5. The third-order valence-corrected chi connectivity index (χ3v) is 2.26. The van der Waals surface area contributed by atoms with Crippen molar-refractivity contribution < 1.29 is 14.7 Å². The standard InChI is InChI=1S/C11H9NO4/c1-6(12-15)9-4-7-2-3-8(13)5-10(7)16-11(9)14/h2-5,13,15H,1H3. The second-order valence-electron chi connectivity index (χ2n) is 3.36. The van der Waals surface area contributed by atoms with Crippen molar-refractivity contribution in [1.29, 1.82) is 0 Å². The van der Waals surface area contributed by atoms with Gasteiger partial charge >= 0.3 is 5.63 Å². The Hall–Kier alpha value is -2.30. The van der Waals surface area contributed by atoms with Crippen LogP contribution in [0.5, 0.6) is 5.75 Å². The van der Waals surface area contributed by atoms with Gasteiger partial charge in [-0.2, -0.15) is 0 Å². The van der Waals surface area contributed by atoms with E-state index in [-0.39, 0.29) is 17.0 Å². The van der Waals surface area contributed by atoms with Crippen LogP contribution in [0, 0.1) is 0 Å². The number of phenolic OH excluding ortho intramolecular Hbond substituents is 1. The molecule has 2 N–H and O–H groups in total. The summed E-state index contributed by atoms with van der Waals surface area (Å²) < 4.78 is 4.99. The maximum atomic E-state index is 11.5. The van der Waals surface area contributed by atoms with E-state index in [4.69, 9.17) is 9.62 Å². The van der Waals surface area contributed by atoms with Crippen molar-refractivity contribution >= 4 is 16.7 Å². The van der Waals surface area contributed by atoms with Gasteiger partial charge in [-0.15, -0.1) is 0 Å². The van der Waals surface area contributed by atoms with Crippen molar-refractivity contribution in [1.82, 2.24) is 0 Å². The van der Waals surface area contributed by atoms with E-state index in [0.717, 1.165) is 0 Å². The summed E-state index contributed by atoms with van der Waals surface area (Å²) in [6.45, 7) is 1.50. The zero-order valence-corrected chi connectivity index (χ0v) is 8.47. The maximum Gasteiger partial charge on any atom is 0.345 e. The zero-order valence-electron chi connectivity index (χ0n) is 8.47. The molecule has 0 saturated heterocycles. The van der Waals surface area contributed by atoms with Crippen LogP contribution in [0.2, 0.25) is 0 Å². The molecule has 1 heterocycles. The molecule has 0 spiro atoms. The number of fused-ring (bicyclic) bond motifs is 1. The topological polar surface area (TPSA) is 83.0 Å². The van der Waals surface area contributed by atoms with Gasteiger partial charge in [-0.25, -0.2) is 4.79 Å². The molecule has 1 aromatic carbocycles. The first-order valence-electron chi connectivity index (χ1n) is 4.57. The fourth-order valence-corrected chi connectivity index (χ4v) is 1.41. The minimum Gasteiger partial charge on any atom is -0.508 e. The summed E-state index contributed by atoms with van der Waals surface area (Å²) in [7, 11) is 0. The molecule has 2 aromatic rings. The molecule has 0 unspecified atom stereocenters. The van der Waals surface area contributed by atoms with Crippen molar-refractivity contribution in [2.45, 2.75) is 6.92 Å². The van der Waals surface area contributed by atoms with Gasteiger partial charge < -0.3 is 14.7 Å². The van der Waals surface area contributed by atoms with Crippen LogP contribution in [0.4, 0.5) is 0 Å². The molecule has 0 aliphatic rings. The van der Waals surface area contributed by atoms with Crippen molar-refractivity contribution in [2.75, 3.05) is 0 Å². The largest absolute Gasteiger partial charge is 0.508 e. The van der Waals surface area contributed by atoms with Gasteiger partial charge in [0, 0.05) is 11.5 Å². The Labute approximate surface area is 90.2 Å². The fourth-order valence-electron chi connectivity index (χ4n) is 1.41. The second kappa shape index (κ2) is 3.69. The zero-order chi connectivity index (χ0) is 11.7. The number of aromatic hydroxyl groups is 1. The van der Waals surface area contributed by atoms with Gasteiger partial charge in [0.15, 0.2) is 0 Å². The number of nitrogens with zero attached hydrogens (tertiary/aromatic N) is 1. The van der Waals surface area contributed by atoms with Gasteiger partial charge in [-0.3, -0.25) is 0 Å². The van der Waals surface area contributed by atoms with Gasteiger partial charge in [0.2, 0.25) is 0 Å². The van der Waals surface area contributed by atoms with E-state index in [2.05, 4.69) is 5.16 Å². The van der Waals surface area contributed by atoms with Crippen LogP contribution in [-0.2, 0) is 0 Å². The molecule has 82 valence electrons. The quantitative estimate of drug-likeness (QED) is 0.331. The predicted octanol–water partition coefficient (Wildman–Crippen LogP) is 1.70. The number of oxime groups is 1. The van der Waals surface area contributed by atoms with E-state index in [9.17, 15) is 9.90 Å². The van der Waals surface area contributed by atoms with Gasteiger partial charge in [0.05, 0.1) is 11.3 Å². The Morgan fingerprint density at radius 1 is 1.38 bits per heavy atom. The number of benzene rings is 1. The van der Waals surface area contributed by atoms with Gasteiger partial charge in [0.1, 0.15) is 11.3 Å². The van der Waals surface area contributed by atoms with Crippen LogP contribution in [0.25, 0.3) is 11.0 Å². The molecule has 0 aliphatic carbocycles. The Balaban J connectivity index is 2.77. The second-order valence-corrected chi connectivity index (χ2v) is 3.36. The molecule has 0 radical (unpaired) electrons. The Morgan fingerprint density at radius 3 is 2.81 bits per heavy atom. The third kappa shape index (κ3) is 1.63. The summed E-state index contributed by atoms with van der Waals surface area (Å²) in [4.78, 5) is 11.5. The first kappa shape index (κ1) is 10.2. The molecule has 0 aliphatic heterocycles. The molecular weight excluding hydrogens is 210 g/mol. The summed E-state index contributed by atoms with van der Waals surface area (Å²) >= 11 is 0. The molecule has 0 bridgehead atoms. The lowest BCUT2D eigenvalue weighted by molar-refractivity contribution is 0.319. The Morgan fingerprint density at radius 2 is 2.12 bits per heavy atom. The smallest absolute Gasteiger partial charge is 0.345 e. The van der Waals surface area contributed by atoms with Crippen molar-refractivity contribution in [3.05, 3.63) is 40.2 Å². The van der Waals surface area contributed by atoms with Crippen LogP contribution in [-0.4, -0.2) is 16.0 Å². The minimum absolute atomic E-state index is 0.0240. The Kier molecular flexibility index (Phi) is 2.36. The summed E-state index contributed by atoms with van der Waals surface area (Å²) in [6, 6.07) is 6.00. The van der Waals surface area contributed by atoms with E-state index >= 15 is 0 Å². The lowest BCUT2D eigenvalue weighted by atomic mass is 10.1. The fraction of sp³-hybridized carbons (Fsp3) is 0.0909. The van der Waals surface area contributed by atoms with Gasteiger partial charge in [0.25, 0.3) is 0 Å². The number of rotatable bonds is 1. The van der Waals surface area contributed by atoms with Crippen LogP contribution in [0.15, 0.2) is 38.6 Å². The van der Waals surface area contributed by atoms with E-state index in [1.807, 2.05) is 0 Å². The Bertz CT molecular complexity index is 627. The minimum atomic E-state index is -0.603. The molecule has 0 saturated carbocycles. The molecule has 5 nitrogen and oxygen atoms in total. The van der Waals surface area contributed by atoms with Crippen LogP contribution in [0.3, 0.4) is 0 Å². The summed E-state index contributed by atoms with van der Waals surface area (Å²) in [6.07, 6.45) is 0. The summed E-state index contributed by atoms with van der Waals surface area (Å²) in [5.41, 5.74) is 0.0669. The van der Waals surface area contributed by atoms with Crippen LogP contribution < -0.4 is 5.63 Å². The molecule has 0 fully saturated rings. The lowest BCUT2D eigenvalue weighted by Crippen LogP contribution is -2.11. The first-order valence-corrected chi connectivity index (χ1v) is 4.57. The monoisotopic (exact) mass is 219 g/mol. The number of hydrogen-bond acceptors (Lipinski definition) is 5. The SMILES string of the molecule is CC(=NO)c1cc2ccc(O)cc2oc1=O. The molecule has 16 heavy (non-hydrogen) atoms. The van der Waals surface area contributed by atoms with Crippen molar-refractivity contribution in [3.63, 3.8) is 0 Å². The third-order valence-electron chi connectivity index (χ3n) is 2.26. The highest BCUT2D eigenvalue weighted by Gasteiger charge is 2.08. The lowest BCUT2D eigenvalue weighted by Gasteiger charge is -2.00. The van der Waals surface area contributed by atoms with E-state index in [1.165, 1.54) is 19.1 Å². The average Bonchev–Trinajstić information content (AvgIpc) is 2.27. The van der Waals surface area contributed by atoms with Crippen molar-refractivity contribution in [2.24, 2.45) is 5.16 Å². The number of hydrogen-bond donors (Lipinski definition) is 2. The van der Waals surface area contributed by atoms with E-state index in [0.29, 0.717) is 11.0 Å². The van der Waals surface area contributed by atoms with Crippen LogP contribution in [0.1, 0.15) is 12.5 Å². The van der Waals surface area contributed by atoms with Gasteiger partial charge in [-0.05, 0) is 25.1 Å². The normalized spacial score (nSPS) is 11.9. The average molecular weight is 219 g/mol. The highest BCUT2D eigenvalue weighted by molar-refractivity contribution is 6.00. The van der Waals surface area contributed by atoms with E-state index < -0.39 is 5.63 Å². The molecule has 1 aromatic heterocycles. The first-order chi connectivity index (χ1) is 7.61. The predicted molar refractivity (Wildman–Crippen MR) is 58.1 cm³/mol. The van der Waals surface area contributed by atoms with E-state index in [1.54, 1.807) is 12.1 Å². The molecule has 5 heteroatoms. The molecule has 0 atom stereocenters. The van der Waals surface area contributed by atoms with Gasteiger partial charge in [-0.1, -0.05) is 5.16 Å². The number of phenols is 1. The highest BCUT2D eigenvalue weighted by Crippen LogP contribution is 2.19. The highest BCUT2D eigenvalue weighted by atomic mass is 16.4. The molecular formula is C11H9NO4.